The van der Waals surface area contributed by atoms with Crippen molar-refractivity contribution in [3.63, 3.8) is 0 Å². The van der Waals surface area contributed by atoms with E-state index in [1.165, 1.54) is 0 Å². The number of hydrogen-bond acceptors (Lipinski definition) is 5. The van der Waals surface area contributed by atoms with E-state index in [9.17, 15) is 13.2 Å². The molecule has 2 atom stereocenters. The van der Waals surface area contributed by atoms with Crippen LogP contribution in [0.1, 0.15) is 45.0 Å². The van der Waals surface area contributed by atoms with Gasteiger partial charge in [0.15, 0.2) is 5.41 Å². The van der Waals surface area contributed by atoms with Gasteiger partial charge in [0, 0.05) is 13.2 Å². The summed E-state index contributed by atoms with van der Waals surface area (Å²) >= 11 is 0. The Morgan fingerprint density at radius 3 is 2.62 bits per heavy atom. The van der Waals surface area contributed by atoms with Gasteiger partial charge in [0.2, 0.25) is 11.7 Å². The predicted octanol–water partition coefficient (Wildman–Crippen LogP) is 2.60. The molecule has 5 nitrogen and oxygen atoms in total. The Labute approximate surface area is 121 Å². The second-order valence-corrected chi connectivity index (χ2v) is 5.58. The van der Waals surface area contributed by atoms with Crippen LogP contribution < -0.4 is 5.32 Å². The molecule has 8 heteroatoms. The minimum Gasteiger partial charge on any atom is -0.370 e. The van der Waals surface area contributed by atoms with E-state index < -0.39 is 17.7 Å². The number of rotatable bonds is 5. The van der Waals surface area contributed by atoms with E-state index in [1.807, 2.05) is 20.8 Å². The van der Waals surface area contributed by atoms with Gasteiger partial charge in [-0.25, -0.2) is 0 Å². The summed E-state index contributed by atoms with van der Waals surface area (Å²) in [4.78, 5) is 4.01. The minimum absolute atomic E-state index is 0.0407. The third-order valence-corrected chi connectivity index (χ3v) is 3.76. The normalized spacial score (nSPS) is 24.7. The number of halogens is 3. The van der Waals surface area contributed by atoms with E-state index in [0.717, 1.165) is 0 Å². The average molecular weight is 307 g/mol. The second kappa shape index (κ2) is 5.92. The van der Waals surface area contributed by atoms with Gasteiger partial charge in [-0.05, 0) is 25.8 Å². The number of nitrogens with one attached hydrogen (secondary N) is 1. The van der Waals surface area contributed by atoms with Gasteiger partial charge in [-0.15, -0.1) is 0 Å². The molecule has 1 aliphatic rings. The van der Waals surface area contributed by atoms with Crippen molar-refractivity contribution >= 4 is 0 Å². The number of aromatic nitrogens is 2. The lowest BCUT2D eigenvalue weighted by atomic mass is 9.86. The first kappa shape index (κ1) is 16.2. The lowest BCUT2D eigenvalue weighted by molar-refractivity contribution is -0.191. The molecule has 120 valence electrons. The van der Waals surface area contributed by atoms with Crippen LogP contribution in [0, 0.1) is 5.92 Å². The van der Waals surface area contributed by atoms with Crippen LogP contribution in [0.25, 0.3) is 0 Å². The average Bonchev–Trinajstić information content (AvgIpc) is 3.03. The molecule has 2 rings (SSSR count). The Morgan fingerprint density at radius 1 is 1.43 bits per heavy atom. The molecule has 1 aromatic rings. The lowest BCUT2D eigenvalue weighted by Crippen LogP contribution is -2.44. The number of nitrogens with zero attached hydrogens (tertiary/aromatic N) is 2. The van der Waals surface area contributed by atoms with Gasteiger partial charge in [0.05, 0.1) is 0 Å². The maximum absolute atomic E-state index is 13.4. The number of alkyl halides is 3. The predicted molar refractivity (Wildman–Crippen MR) is 68.7 cm³/mol. The molecule has 0 amide bonds. The largest absolute Gasteiger partial charge is 0.404 e. The molecule has 2 unspecified atom stereocenters. The van der Waals surface area contributed by atoms with E-state index >= 15 is 0 Å². The number of hydrogen-bond donors (Lipinski definition) is 1. The fourth-order valence-electron chi connectivity index (χ4n) is 2.53. The first-order valence-electron chi connectivity index (χ1n) is 7.05. The van der Waals surface area contributed by atoms with Crippen LogP contribution in [-0.4, -0.2) is 36.0 Å². The second-order valence-electron chi connectivity index (χ2n) is 5.58. The van der Waals surface area contributed by atoms with Crippen molar-refractivity contribution in [2.24, 2.45) is 5.92 Å². The summed E-state index contributed by atoms with van der Waals surface area (Å²) in [6.45, 7) is 6.07. The summed E-state index contributed by atoms with van der Waals surface area (Å²) < 4.78 is 50.7. The first-order valence-corrected chi connectivity index (χ1v) is 7.05. The highest BCUT2D eigenvalue weighted by atomic mass is 19.4. The van der Waals surface area contributed by atoms with Gasteiger partial charge in [-0.2, -0.15) is 18.2 Å². The minimum atomic E-state index is -4.43. The van der Waals surface area contributed by atoms with E-state index in [0.29, 0.717) is 6.61 Å². The molecule has 0 aromatic carbocycles. The van der Waals surface area contributed by atoms with Crippen LogP contribution >= 0.6 is 0 Å². The van der Waals surface area contributed by atoms with Crippen LogP contribution in [0.2, 0.25) is 0 Å². The lowest BCUT2D eigenvalue weighted by Gasteiger charge is -2.26. The Balaban J connectivity index is 2.33. The Kier molecular flexibility index (Phi) is 4.57. The molecule has 0 spiro atoms. The van der Waals surface area contributed by atoms with Crippen LogP contribution in [0.15, 0.2) is 4.52 Å². The Bertz CT molecular complexity index is 467. The van der Waals surface area contributed by atoms with Crippen LogP contribution in [0.3, 0.4) is 0 Å². The first-order chi connectivity index (χ1) is 9.82. The van der Waals surface area contributed by atoms with Gasteiger partial charge in [-0.1, -0.05) is 19.0 Å². The van der Waals surface area contributed by atoms with Crippen LogP contribution in [0.4, 0.5) is 13.2 Å². The third-order valence-electron chi connectivity index (χ3n) is 3.76. The van der Waals surface area contributed by atoms with Gasteiger partial charge in [0.1, 0.15) is 6.10 Å². The topological polar surface area (TPSA) is 60.2 Å². The van der Waals surface area contributed by atoms with E-state index in [2.05, 4.69) is 15.5 Å². The zero-order valence-electron chi connectivity index (χ0n) is 12.3. The van der Waals surface area contributed by atoms with Gasteiger partial charge in [0.25, 0.3) is 0 Å². The summed E-state index contributed by atoms with van der Waals surface area (Å²) in [7, 11) is 0. The molecule has 0 aliphatic carbocycles. The quantitative estimate of drug-likeness (QED) is 0.906. The zero-order valence-corrected chi connectivity index (χ0v) is 12.3. The highest BCUT2D eigenvalue weighted by Gasteiger charge is 2.61. The van der Waals surface area contributed by atoms with Crippen molar-refractivity contribution in [3.8, 4) is 0 Å². The van der Waals surface area contributed by atoms with Crippen molar-refractivity contribution in [2.75, 3.05) is 19.7 Å². The van der Waals surface area contributed by atoms with E-state index in [1.54, 1.807) is 0 Å². The Morgan fingerprint density at radius 2 is 2.14 bits per heavy atom. The maximum atomic E-state index is 13.4. The summed E-state index contributed by atoms with van der Waals surface area (Å²) in [6, 6.07) is 0. The van der Waals surface area contributed by atoms with Gasteiger partial charge in [-0.3, -0.25) is 0 Å². The molecule has 0 saturated carbocycles. The Hall–Kier alpha value is -1.15. The summed E-state index contributed by atoms with van der Waals surface area (Å²) in [5, 5.41) is 6.45. The van der Waals surface area contributed by atoms with Crippen molar-refractivity contribution in [2.45, 2.75) is 44.9 Å². The number of ether oxygens (including phenoxy) is 1. The highest BCUT2D eigenvalue weighted by molar-refractivity contribution is 5.15. The van der Waals surface area contributed by atoms with Crippen molar-refractivity contribution in [1.82, 2.24) is 15.5 Å². The standard InChI is InChI=1S/C13H20F3N3O2/c1-4-20-9(8(2)3)10-18-11(21-19-10)12(13(14,15)16)5-6-17-7-12/h8-9,17H,4-7H2,1-3H3. The molecular weight excluding hydrogens is 287 g/mol. The maximum Gasteiger partial charge on any atom is 0.404 e. The SMILES string of the molecule is CCOC(c1noc(C2(C(F)(F)F)CCNC2)n1)C(C)C. The van der Waals surface area contributed by atoms with Crippen molar-refractivity contribution in [1.29, 1.82) is 0 Å². The van der Waals surface area contributed by atoms with Gasteiger partial charge >= 0.3 is 6.18 Å². The van der Waals surface area contributed by atoms with Crippen molar-refractivity contribution in [3.05, 3.63) is 11.7 Å². The van der Waals surface area contributed by atoms with Crippen LogP contribution in [0.5, 0.6) is 0 Å². The van der Waals surface area contributed by atoms with Gasteiger partial charge < -0.3 is 14.6 Å². The molecule has 0 radical (unpaired) electrons. The smallest absolute Gasteiger partial charge is 0.370 e. The zero-order chi connectivity index (χ0) is 15.7. The molecule has 0 bridgehead atoms. The molecule has 1 fully saturated rings. The molecule has 1 N–H and O–H groups in total. The van der Waals surface area contributed by atoms with Crippen molar-refractivity contribution < 1.29 is 22.4 Å². The summed E-state index contributed by atoms with van der Waals surface area (Å²) in [5.41, 5.74) is -2.09. The third kappa shape index (κ3) is 2.91. The molecule has 21 heavy (non-hydrogen) atoms. The van der Waals surface area contributed by atoms with E-state index in [4.69, 9.17) is 9.26 Å². The van der Waals surface area contributed by atoms with E-state index in [-0.39, 0.29) is 37.1 Å². The molecule has 2 heterocycles. The fraction of sp³-hybridized carbons (Fsp3) is 0.846. The molecule has 1 aromatic heterocycles. The summed E-state index contributed by atoms with van der Waals surface area (Å²) in [6.07, 6.45) is -5.00. The summed E-state index contributed by atoms with van der Waals surface area (Å²) in [5.74, 6) is -0.156. The fourth-order valence-corrected chi connectivity index (χ4v) is 2.53. The highest BCUT2D eigenvalue weighted by Crippen LogP contribution is 2.45. The molecular formula is C13H20F3N3O2. The molecule has 1 saturated heterocycles. The van der Waals surface area contributed by atoms with Crippen LogP contribution in [-0.2, 0) is 10.2 Å². The monoisotopic (exact) mass is 307 g/mol. The molecule has 1 aliphatic heterocycles.